The summed E-state index contributed by atoms with van der Waals surface area (Å²) < 4.78 is 11.4. The number of ether oxygens (including phenoxy) is 2. The van der Waals surface area contributed by atoms with Crippen molar-refractivity contribution < 1.29 is 38.9 Å². The first kappa shape index (κ1) is 39.6. The van der Waals surface area contributed by atoms with Crippen molar-refractivity contribution in [2.24, 2.45) is 11.7 Å². The lowest BCUT2D eigenvalue weighted by Gasteiger charge is -2.31. The van der Waals surface area contributed by atoms with Gasteiger partial charge in [-0.1, -0.05) is 54.5 Å². The van der Waals surface area contributed by atoms with Gasteiger partial charge in [-0.2, -0.15) is 0 Å². The van der Waals surface area contributed by atoms with Crippen LogP contribution in [0.1, 0.15) is 79.7 Å². The van der Waals surface area contributed by atoms with Crippen LogP contribution in [0.4, 0.5) is 10.5 Å². The summed E-state index contributed by atoms with van der Waals surface area (Å²) in [6, 6.07) is 3.00. The average molecular weight is 612 g/mol. The van der Waals surface area contributed by atoms with Crippen molar-refractivity contribution in [1.29, 1.82) is 0 Å². The van der Waals surface area contributed by atoms with Crippen LogP contribution in [-0.4, -0.2) is 78.2 Å². The molecule has 4 amide bonds. The summed E-state index contributed by atoms with van der Waals surface area (Å²) in [6.07, 6.45) is -1.93. The molecule has 1 saturated heterocycles. The highest BCUT2D eigenvalue weighted by Gasteiger charge is 2.34. The van der Waals surface area contributed by atoms with Crippen molar-refractivity contribution in [3.05, 3.63) is 23.8 Å². The molecule has 1 fully saturated rings. The van der Waals surface area contributed by atoms with Gasteiger partial charge in [0, 0.05) is 19.4 Å². The molecule has 0 bridgehead atoms. The number of aryl methyl sites for hydroxylation is 1. The third kappa shape index (κ3) is 14.1. The number of rotatable bonds is 14. The Morgan fingerprint density at radius 1 is 1.09 bits per heavy atom. The highest BCUT2D eigenvalue weighted by Crippen LogP contribution is 2.31. The Balaban J connectivity index is 0.00000422. The summed E-state index contributed by atoms with van der Waals surface area (Å²) in [6.45, 7) is 13.9. The van der Waals surface area contributed by atoms with E-state index in [0.29, 0.717) is 18.5 Å². The molecular weight excluding hydrogens is 558 g/mol. The first-order valence-corrected chi connectivity index (χ1v) is 15.1. The van der Waals surface area contributed by atoms with E-state index in [1.165, 1.54) is 0 Å². The second kappa shape index (κ2) is 21.3. The van der Waals surface area contributed by atoms with Gasteiger partial charge in [0.25, 0.3) is 0 Å². The molecule has 1 aromatic rings. The smallest absolute Gasteiger partial charge is 0.333 e. The molecule has 246 valence electrons. The van der Waals surface area contributed by atoms with Gasteiger partial charge in [0.1, 0.15) is 11.8 Å². The second-order valence-corrected chi connectivity index (χ2v) is 9.81. The van der Waals surface area contributed by atoms with Crippen LogP contribution in [0.25, 0.3) is 0 Å². The Morgan fingerprint density at radius 2 is 1.74 bits per heavy atom. The molecule has 8 N–H and O–H groups in total. The molecule has 13 heteroatoms. The van der Waals surface area contributed by atoms with Gasteiger partial charge in [-0.15, -0.1) is 0 Å². The van der Waals surface area contributed by atoms with Crippen molar-refractivity contribution in [2.75, 3.05) is 18.9 Å². The van der Waals surface area contributed by atoms with E-state index in [9.17, 15) is 29.4 Å². The molecule has 1 aliphatic rings. The summed E-state index contributed by atoms with van der Waals surface area (Å²) in [5, 5.41) is 30.4. The second-order valence-electron chi connectivity index (χ2n) is 9.81. The lowest BCUT2D eigenvalue weighted by Crippen LogP contribution is -2.52. The minimum atomic E-state index is -1.22. The number of hydrogen-bond donors (Lipinski definition) is 7. The van der Waals surface area contributed by atoms with Gasteiger partial charge in [0.05, 0.1) is 17.8 Å². The largest absolute Gasteiger partial charge is 0.479 e. The fourth-order valence-electron chi connectivity index (χ4n) is 4.27. The number of aliphatic carboxylic acids is 1. The third-order valence-corrected chi connectivity index (χ3v) is 6.37. The minimum absolute atomic E-state index is 0.0306. The molecule has 0 aromatic heterocycles. The number of primary amides is 1. The van der Waals surface area contributed by atoms with Crippen molar-refractivity contribution >= 4 is 29.5 Å². The van der Waals surface area contributed by atoms with Crippen LogP contribution in [0.3, 0.4) is 0 Å². The van der Waals surface area contributed by atoms with Gasteiger partial charge < -0.3 is 46.7 Å². The van der Waals surface area contributed by atoms with Gasteiger partial charge >= 0.3 is 12.0 Å². The highest BCUT2D eigenvalue weighted by atomic mass is 16.7. The van der Waals surface area contributed by atoms with Gasteiger partial charge in [-0.05, 0) is 49.9 Å². The van der Waals surface area contributed by atoms with Crippen molar-refractivity contribution in [1.82, 2.24) is 16.0 Å². The van der Waals surface area contributed by atoms with E-state index >= 15 is 0 Å². The molecule has 0 aliphatic carbocycles. The Hall–Kier alpha value is -3.42. The lowest BCUT2D eigenvalue weighted by atomic mass is 10.0. The number of anilines is 1. The standard InChI is InChI=1S/C26H41N5O8.2C2H6/c1-5-15-8-9-19(38-21-13-16(32)12-20(39-21)25(35)36)18(11-15)31-23(33)17(7-6-10-29-26(27)37)30-24(34)22(28-4)14(2)3;2*1-2/h8-9,11,14,16-17,20-22,28,32H,5-7,10,12-13H2,1-4H3,(H,30,34)(H,31,33)(H,35,36)(H3,27,29,37);2*1-2H3. The SMILES string of the molecule is CC.CC.CCc1ccc(OC2CC(O)CC(C(=O)O)O2)c(NC(=O)C(CCCNC(N)=O)NC(=O)C(NC)C(C)C)c1. The van der Waals surface area contributed by atoms with Gasteiger partial charge in [-0.25, -0.2) is 9.59 Å². The Morgan fingerprint density at radius 3 is 2.28 bits per heavy atom. The number of likely N-dealkylation sites (N-methyl/N-ethyl adjacent to an activating group) is 1. The third-order valence-electron chi connectivity index (χ3n) is 6.37. The van der Waals surface area contributed by atoms with E-state index in [1.807, 2.05) is 48.5 Å². The zero-order chi connectivity index (χ0) is 33.1. The van der Waals surface area contributed by atoms with Crippen molar-refractivity contribution in [3.8, 4) is 5.75 Å². The predicted molar refractivity (Wildman–Crippen MR) is 166 cm³/mol. The molecule has 1 heterocycles. The summed E-state index contributed by atoms with van der Waals surface area (Å²) in [5.74, 6) is -1.87. The van der Waals surface area contributed by atoms with Crippen LogP contribution >= 0.6 is 0 Å². The van der Waals surface area contributed by atoms with Crippen molar-refractivity contribution in [2.45, 2.75) is 111 Å². The topological polar surface area (TPSA) is 201 Å². The van der Waals surface area contributed by atoms with Crippen LogP contribution in [0.15, 0.2) is 18.2 Å². The van der Waals surface area contributed by atoms with Gasteiger partial charge in [0.15, 0.2) is 6.10 Å². The molecule has 5 atom stereocenters. The first-order chi connectivity index (χ1) is 20.4. The number of benzene rings is 1. The lowest BCUT2D eigenvalue weighted by molar-refractivity contribution is -0.195. The zero-order valence-electron chi connectivity index (χ0n) is 26.9. The molecule has 0 saturated carbocycles. The summed E-state index contributed by atoms with van der Waals surface area (Å²) in [4.78, 5) is 48.8. The van der Waals surface area contributed by atoms with Crippen LogP contribution in [0.5, 0.6) is 5.75 Å². The number of hydrogen-bond acceptors (Lipinski definition) is 8. The normalized spacial score (nSPS) is 18.9. The number of urea groups is 1. The number of aliphatic hydroxyl groups excluding tert-OH is 1. The van der Waals surface area contributed by atoms with Crippen LogP contribution in [-0.2, 0) is 25.5 Å². The summed E-state index contributed by atoms with van der Waals surface area (Å²) in [7, 11) is 1.66. The zero-order valence-corrected chi connectivity index (χ0v) is 26.9. The maximum Gasteiger partial charge on any atom is 0.333 e. The monoisotopic (exact) mass is 611 g/mol. The Labute approximate surface area is 255 Å². The van der Waals surface area contributed by atoms with Crippen LogP contribution < -0.4 is 31.7 Å². The summed E-state index contributed by atoms with van der Waals surface area (Å²) >= 11 is 0. The number of amides is 4. The Bertz CT molecular complexity index is 1010. The molecule has 13 nitrogen and oxygen atoms in total. The first-order valence-electron chi connectivity index (χ1n) is 15.1. The fourth-order valence-corrected chi connectivity index (χ4v) is 4.27. The van der Waals surface area contributed by atoms with E-state index in [2.05, 4.69) is 21.3 Å². The molecule has 1 aromatic carbocycles. The van der Waals surface area contributed by atoms with Crippen LogP contribution in [0.2, 0.25) is 0 Å². The number of nitrogens with two attached hydrogens (primary N) is 1. The Kier molecular flexibility index (Phi) is 19.6. The van der Waals surface area contributed by atoms with E-state index in [-0.39, 0.29) is 43.4 Å². The maximum atomic E-state index is 13.4. The van der Waals surface area contributed by atoms with E-state index < -0.39 is 48.5 Å². The highest BCUT2D eigenvalue weighted by molar-refractivity contribution is 5.99. The molecule has 0 radical (unpaired) electrons. The molecule has 5 unspecified atom stereocenters. The molecule has 1 aliphatic heterocycles. The fraction of sp³-hybridized carbons (Fsp3) is 0.667. The van der Waals surface area contributed by atoms with Gasteiger partial charge in [0.2, 0.25) is 18.1 Å². The maximum absolute atomic E-state index is 13.4. The number of carboxylic acid groups (broad SMARTS) is 1. The van der Waals surface area contributed by atoms with E-state index in [4.69, 9.17) is 15.2 Å². The molecule has 0 spiro atoms. The minimum Gasteiger partial charge on any atom is -0.479 e. The molecule has 2 rings (SSSR count). The predicted octanol–water partition coefficient (Wildman–Crippen LogP) is 2.75. The van der Waals surface area contributed by atoms with Crippen LogP contribution in [0, 0.1) is 5.92 Å². The number of nitrogens with one attached hydrogen (secondary N) is 4. The molecular formula is C30H53N5O8. The van der Waals surface area contributed by atoms with E-state index in [0.717, 1.165) is 5.56 Å². The van der Waals surface area contributed by atoms with E-state index in [1.54, 1.807) is 25.2 Å². The summed E-state index contributed by atoms with van der Waals surface area (Å²) in [5.41, 5.74) is 6.32. The quantitative estimate of drug-likeness (QED) is 0.154. The number of aliphatic hydroxyl groups is 1. The van der Waals surface area contributed by atoms with Gasteiger partial charge in [-0.3, -0.25) is 9.59 Å². The van der Waals surface area contributed by atoms with Crippen molar-refractivity contribution in [3.63, 3.8) is 0 Å². The molecule has 43 heavy (non-hydrogen) atoms. The average Bonchev–Trinajstić information content (AvgIpc) is 2.97. The number of carbonyl (C=O) groups is 4. The number of carbonyl (C=O) groups excluding carboxylic acids is 3. The number of carboxylic acids is 1.